The van der Waals surface area contributed by atoms with Crippen LogP contribution in [-0.2, 0) is 0 Å². The lowest BCUT2D eigenvalue weighted by Crippen LogP contribution is -2.38. The minimum atomic E-state index is -0.493. The van der Waals surface area contributed by atoms with E-state index >= 15 is 0 Å². The number of aromatic hydroxyl groups is 1. The maximum atomic E-state index is 12.1. The highest BCUT2D eigenvalue weighted by Crippen LogP contribution is 2.36. The van der Waals surface area contributed by atoms with Crippen molar-refractivity contribution < 1.29 is 14.6 Å². The molecule has 0 spiro atoms. The molecule has 0 saturated heterocycles. The Morgan fingerprint density at radius 2 is 1.95 bits per heavy atom. The van der Waals surface area contributed by atoms with Crippen LogP contribution in [0.4, 0.5) is 5.69 Å². The fourth-order valence-electron chi connectivity index (χ4n) is 2.41. The summed E-state index contributed by atoms with van der Waals surface area (Å²) >= 11 is 0. The normalized spacial score (nSPS) is 16.6. The van der Waals surface area contributed by atoms with Gasteiger partial charge in [-0.2, -0.15) is 0 Å². The number of carbonyl (C=O) groups is 1. The second-order valence-electron chi connectivity index (χ2n) is 4.72. The van der Waals surface area contributed by atoms with Crippen LogP contribution < -0.4 is 15.4 Å². The maximum Gasteiger partial charge on any atom is 0.255 e. The largest absolute Gasteiger partial charge is 0.504 e. The van der Waals surface area contributed by atoms with Gasteiger partial charge in [0.15, 0.2) is 11.5 Å². The Kier molecular flexibility index (Phi) is 3.39. The van der Waals surface area contributed by atoms with Crippen molar-refractivity contribution in [3.8, 4) is 11.5 Å². The number of ether oxygens (including phenoxy) is 1. The number of anilines is 1. The maximum absolute atomic E-state index is 12.1. The molecule has 0 saturated carbocycles. The number of amides is 1. The molecule has 1 aliphatic rings. The number of phenolic OH excluding ortho intramolecular Hbond substituents is 1. The van der Waals surface area contributed by atoms with Gasteiger partial charge in [0, 0.05) is 11.3 Å². The Labute approximate surface area is 122 Å². The highest BCUT2D eigenvalue weighted by Gasteiger charge is 2.26. The molecule has 2 aromatic carbocycles. The van der Waals surface area contributed by atoms with Gasteiger partial charge in [0.2, 0.25) is 0 Å². The second-order valence-corrected chi connectivity index (χ2v) is 4.72. The van der Waals surface area contributed by atoms with E-state index in [1.165, 1.54) is 0 Å². The summed E-state index contributed by atoms with van der Waals surface area (Å²) in [6.45, 7) is 2.31. The Morgan fingerprint density at radius 3 is 2.76 bits per heavy atom. The Hall–Kier alpha value is -2.69. The zero-order chi connectivity index (χ0) is 14.8. The molecule has 0 aromatic heterocycles. The molecule has 3 rings (SSSR count). The number of fused-ring (bicyclic) bond motifs is 1. The monoisotopic (exact) mass is 284 g/mol. The molecule has 0 bridgehead atoms. The van der Waals surface area contributed by atoms with E-state index < -0.39 is 6.17 Å². The van der Waals surface area contributed by atoms with E-state index in [1.54, 1.807) is 24.3 Å². The number of carbonyl (C=O) groups excluding carboxylic acids is 1. The number of phenols is 1. The second kappa shape index (κ2) is 5.36. The van der Waals surface area contributed by atoms with Crippen LogP contribution in [0.1, 0.15) is 29.0 Å². The van der Waals surface area contributed by atoms with Gasteiger partial charge in [-0.3, -0.25) is 4.79 Å². The molecule has 5 heteroatoms. The first-order valence-electron chi connectivity index (χ1n) is 6.82. The molecule has 1 heterocycles. The average molecular weight is 284 g/mol. The molecule has 1 aliphatic heterocycles. The lowest BCUT2D eigenvalue weighted by atomic mass is 10.0. The third kappa shape index (κ3) is 2.38. The molecule has 0 unspecified atom stereocenters. The van der Waals surface area contributed by atoms with Gasteiger partial charge in [-0.05, 0) is 25.1 Å². The smallest absolute Gasteiger partial charge is 0.255 e. The Balaban J connectivity index is 1.96. The third-order valence-electron chi connectivity index (χ3n) is 3.39. The topological polar surface area (TPSA) is 70.6 Å². The van der Waals surface area contributed by atoms with E-state index in [9.17, 15) is 9.90 Å². The molecule has 0 radical (unpaired) electrons. The van der Waals surface area contributed by atoms with E-state index in [0.29, 0.717) is 23.5 Å². The van der Waals surface area contributed by atoms with Crippen molar-refractivity contribution in [2.75, 3.05) is 11.9 Å². The summed E-state index contributed by atoms with van der Waals surface area (Å²) in [7, 11) is 0. The lowest BCUT2D eigenvalue weighted by Gasteiger charge is -2.28. The predicted molar refractivity (Wildman–Crippen MR) is 79.5 cm³/mol. The highest BCUT2D eigenvalue weighted by atomic mass is 16.5. The van der Waals surface area contributed by atoms with Crippen molar-refractivity contribution >= 4 is 11.6 Å². The van der Waals surface area contributed by atoms with Crippen LogP contribution in [0.2, 0.25) is 0 Å². The molecule has 5 nitrogen and oxygen atoms in total. The molecular weight excluding hydrogens is 268 g/mol. The van der Waals surface area contributed by atoms with Crippen LogP contribution in [0, 0.1) is 0 Å². The number of rotatable bonds is 3. The molecule has 0 fully saturated rings. The molecule has 1 amide bonds. The SMILES string of the molecule is CCOc1cccc([C@H]2NC(=O)c3ccccc3N2)c1O. The van der Waals surface area contributed by atoms with Gasteiger partial charge in [0.05, 0.1) is 12.2 Å². The predicted octanol–water partition coefficient (Wildman–Crippen LogP) is 2.65. The van der Waals surface area contributed by atoms with E-state index in [-0.39, 0.29) is 11.7 Å². The fourth-order valence-corrected chi connectivity index (χ4v) is 2.41. The molecule has 1 atom stereocenters. The van der Waals surface area contributed by atoms with Crippen molar-refractivity contribution in [2.24, 2.45) is 0 Å². The number of nitrogens with one attached hydrogen (secondary N) is 2. The highest BCUT2D eigenvalue weighted by molar-refractivity contribution is 6.01. The number of benzene rings is 2. The summed E-state index contributed by atoms with van der Waals surface area (Å²) in [5.41, 5.74) is 1.91. The van der Waals surface area contributed by atoms with Gasteiger partial charge in [0.25, 0.3) is 5.91 Å². The Bertz CT molecular complexity index is 685. The van der Waals surface area contributed by atoms with Crippen molar-refractivity contribution in [2.45, 2.75) is 13.1 Å². The molecule has 21 heavy (non-hydrogen) atoms. The number of para-hydroxylation sites is 2. The summed E-state index contributed by atoms with van der Waals surface area (Å²) in [6, 6.07) is 12.5. The third-order valence-corrected chi connectivity index (χ3v) is 3.39. The quantitative estimate of drug-likeness (QED) is 0.810. The molecule has 108 valence electrons. The van der Waals surface area contributed by atoms with Crippen LogP contribution >= 0.6 is 0 Å². The first kappa shape index (κ1) is 13.3. The number of hydrogen-bond acceptors (Lipinski definition) is 4. The van der Waals surface area contributed by atoms with Crippen LogP contribution in [-0.4, -0.2) is 17.6 Å². The summed E-state index contributed by atoms with van der Waals surface area (Å²) in [5, 5.41) is 16.3. The zero-order valence-corrected chi connectivity index (χ0v) is 11.6. The minimum Gasteiger partial charge on any atom is -0.504 e. The lowest BCUT2D eigenvalue weighted by molar-refractivity contribution is 0.0935. The van der Waals surface area contributed by atoms with E-state index in [1.807, 2.05) is 25.1 Å². The molecule has 0 aliphatic carbocycles. The van der Waals surface area contributed by atoms with E-state index in [0.717, 1.165) is 5.69 Å². The molecular formula is C16H16N2O3. The van der Waals surface area contributed by atoms with Gasteiger partial charge in [-0.25, -0.2) is 0 Å². The molecule has 2 aromatic rings. The minimum absolute atomic E-state index is 0.0385. The van der Waals surface area contributed by atoms with Gasteiger partial charge < -0.3 is 20.5 Å². The summed E-state index contributed by atoms with van der Waals surface area (Å²) < 4.78 is 5.37. The van der Waals surface area contributed by atoms with Crippen molar-refractivity contribution in [3.05, 3.63) is 53.6 Å². The van der Waals surface area contributed by atoms with Crippen molar-refractivity contribution in [3.63, 3.8) is 0 Å². The fraction of sp³-hybridized carbons (Fsp3) is 0.188. The molecule has 3 N–H and O–H groups in total. The first-order valence-corrected chi connectivity index (χ1v) is 6.82. The van der Waals surface area contributed by atoms with Crippen LogP contribution in [0.15, 0.2) is 42.5 Å². The summed E-state index contributed by atoms with van der Waals surface area (Å²) in [4.78, 5) is 12.1. The van der Waals surface area contributed by atoms with Gasteiger partial charge >= 0.3 is 0 Å². The van der Waals surface area contributed by atoms with E-state index in [2.05, 4.69) is 10.6 Å². The first-order chi connectivity index (χ1) is 10.2. The van der Waals surface area contributed by atoms with Gasteiger partial charge in [-0.15, -0.1) is 0 Å². The van der Waals surface area contributed by atoms with Gasteiger partial charge in [-0.1, -0.05) is 24.3 Å². The standard InChI is InChI=1S/C16H16N2O3/c1-2-21-13-9-5-7-11(14(13)19)15-17-12-8-4-3-6-10(12)16(20)18-15/h3-9,15,17,19H,2H2,1H3,(H,18,20)/t15-/m1/s1. The van der Waals surface area contributed by atoms with Crippen molar-refractivity contribution in [1.29, 1.82) is 0 Å². The van der Waals surface area contributed by atoms with Crippen LogP contribution in [0.3, 0.4) is 0 Å². The summed E-state index contributed by atoms with van der Waals surface area (Å²) in [6.07, 6.45) is -0.493. The van der Waals surface area contributed by atoms with E-state index in [4.69, 9.17) is 4.74 Å². The Morgan fingerprint density at radius 1 is 1.14 bits per heavy atom. The zero-order valence-electron chi connectivity index (χ0n) is 11.6. The number of hydrogen-bond donors (Lipinski definition) is 3. The van der Waals surface area contributed by atoms with Crippen molar-refractivity contribution in [1.82, 2.24) is 5.32 Å². The average Bonchev–Trinajstić information content (AvgIpc) is 2.49. The van der Waals surface area contributed by atoms with Crippen LogP contribution in [0.5, 0.6) is 11.5 Å². The summed E-state index contributed by atoms with van der Waals surface area (Å²) in [5.74, 6) is 0.275. The van der Waals surface area contributed by atoms with Gasteiger partial charge in [0.1, 0.15) is 6.17 Å². The van der Waals surface area contributed by atoms with Crippen LogP contribution in [0.25, 0.3) is 0 Å².